The second-order valence-electron chi connectivity index (χ2n) is 7.12. The average molecular weight is 393 g/mol. The lowest BCUT2D eigenvalue weighted by atomic mass is 9.83. The van der Waals surface area contributed by atoms with Crippen molar-refractivity contribution in [3.8, 4) is 5.88 Å². The molecule has 2 heterocycles. The number of nitrogens with zero attached hydrogens (tertiary/aromatic N) is 2. The largest absolute Gasteiger partial charge is 0.477 e. The molecule has 3 rings (SSSR count). The zero-order chi connectivity index (χ0) is 19.2. The van der Waals surface area contributed by atoms with Crippen molar-refractivity contribution in [2.75, 3.05) is 25.1 Å². The van der Waals surface area contributed by atoms with Crippen LogP contribution in [0.1, 0.15) is 40.0 Å². The van der Waals surface area contributed by atoms with Crippen LogP contribution in [0.25, 0.3) is 10.3 Å². The monoisotopic (exact) mass is 392 g/mol. The first kappa shape index (κ1) is 19.8. The summed E-state index contributed by atoms with van der Waals surface area (Å²) in [5.41, 5.74) is 0.899. The smallest absolute Gasteiger partial charge is 0.217 e. The van der Waals surface area contributed by atoms with Gasteiger partial charge in [-0.25, -0.2) is 9.97 Å². The molecule has 0 spiro atoms. The lowest BCUT2D eigenvalue weighted by Crippen LogP contribution is -2.40. The minimum atomic E-state index is -0.0235. The van der Waals surface area contributed by atoms with E-state index in [9.17, 15) is 4.79 Å². The topological polar surface area (TPSA) is 85.4 Å². The van der Waals surface area contributed by atoms with Crippen molar-refractivity contribution >= 4 is 32.7 Å². The number of amides is 1. The number of ether oxygens (including phenoxy) is 2. The number of hydrogen-bond donors (Lipinski definition) is 2. The highest BCUT2D eigenvalue weighted by atomic mass is 32.1. The van der Waals surface area contributed by atoms with Gasteiger partial charge in [-0.1, -0.05) is 18.3 Å². The Morgan fingerprint density at radius 3 is 2.93 bits per heavy atom. The number of pyridine rings is 1. The average Bonchev–Trinajstić information content (AvgIpc) is 2.99. The van der Waals surface area contributed by atoms with Gasteiger partial charge >= 0.3 is 0 Å². The molecule has 0 radical (unpaired) electrons. The van der Waals surface area contributed by atoms with E-state index in [0.717, 1.165) is 41.3 Å². The molecule has 1 fully saturated rings. The number of anilines is 1. The van der Waals surface area contributed by atoms with E-state index in [1.807, 2.05) is 19.1 Å². The van der Waals surface area contributed by atoms with E-state index < -0.39 is 0 Å². The first-order chi connectivity index (χ1) is 13.0. The van der Waals surface area contributed by atoms with Crippen molar-refractivity contribution in [3.63, 3.8) is 0 Å². The van der Waals surface area contributed by atoms with Crippen LogP contribution in [-0.2, 0) is 9.53 Å². The van der Waals surface area contributed by atoms with Crippen LogP contribution in [0.5, 0.6) is 5.88 Å². The quantitative estimate of drug-likeness (QED) is 0.646. The summed E-state index contributed by atoms with van der Waals surface area (Å²) >= 11 is 1.56. The third-order valence-corrected chi connectivity index (χ3v) is 5.37. The maximum absolute atomic E-state index is 11.0. The molecule has 2 N–H and O–H groups in total. The minimum Gasteiger partial charge on any atom is -0.477 e. The summed E-state index contributed by atoms with van der Waals surface area (Å²) in [6, 6.07) is 3.89. The first-order valence-corrected chi connectivity index (χ1v) is 10.4. The Kier molecular flexibility index (Phi) is 6.84. The molecule has 0 aliphatic heterocycles. The second-order valence-corrected chi connectivity index (χ2v) is 8.10. The normalized spacial score (nSPS) is 20.1. The van der Waals surface area contributed by atoms with Gasteiger partial charge in [0.2, 0.25) is 11.8 Å². The van der Waals surface area contributed by atoms with Crippen LogP contribution in [-0.4, -0.2) is 47.8 Å². The van der Waals surface area contributed by atoms with E-state index in [4.69, 9.17) is 9.47 Å². The molecule has 148 valence electrons. The third-order valence-electron chi connectivity index (χ3n) is 4.45. The number of aromatic nitrogens is 2. The molecule has 8 heteroatoms. The number of nitrogens with one attached hydrogen (secondary N) is 2. The maximum atomic E-state index is 11.0. The summed E-state index contributed by atoms with van der Waals surface area (Å²) in [6.07, 6.45) is 3.30. The Bertz CT molecular complexity index is 760. The number of carbonyl (C=O) groups is 1. The molecule has 2 aromatic heterocycles. The van der Waals surface area contributed by atoms with Crippen molar-refractivity contribution in [1.29, 1.82) is 0 Å². The van der Waals surface area contributed by atoms with Gasteiger partial charge in [0, 0.05) is 25.6 Å². The van der Waals surface area contributed by atoms with Crippen LogP contribution in [0.2, 0.25) is 0 Å². The highest BCUT2D eigenvalue weighted by Gasteiger charge is 2.30. The molecule has 27 heavy (non-hydrogen) atoms. The number of hydrogen-bond acceptors (Lipinski definition) is 7. The van der Waals surface area contributed by atoms with Crippen LogP contribution in [0.4, 0.5) is 5.13 Å². The summed E-state index contributed by atoms with van der Waals surface area (Å²) in [5.74, 6) is 1.12. The van der Waals surface area contributed by atoms with Gasteiger partial charge in [-0.15, -0.1) is 0 Å². The molecule has 0 unspecified atom stereocenters. The van der Waals surface area contributed by atoms with Gasteiger partial charge in [0.05, 0.1) is 19.3 Å². The SMILES string of the molecule is CCCNc1nc2ccc(OCC3CC(OC[C@H](C)NC(C)=O)C3)nc2s1. The van der Waals surface area contributed by atoms with Crippen molar-refractivity contribution in [2.45, 2.75) is 52.2 Å². The summed E-state index contributed by atoms with van der Waals surface area (Å²) in [4.78, 5) is 21.0. The van der Waals surface area contributed by atoms with Crippen molar-refractivity contribution in [3.05, 3.63) is 12.1 Å². The summed E-state index contributed by atoms with van der Waals surface area (Å²) in [6.45, 7) is 7.72. The number of rotatable bonds is 10. The van der Waals surface area contributed by atoms with Gasteiger partial charge in [-0.05, 0) is 38.2 Å². The molecule has 2 aromatic rings. The Morgan fingerprint density at radius 2 is 2.19 bits per heavy atom. The van der Waals surface area contributed by atoms with Crippen molar-refractivity contribution in [2.24, 2.45) is 5.92 Å². The van der Waals surface area contributed by atoms with E-state index in [1.165, 1.54) is 6.92 Å². The Morgan fingerprint density at radius 1 is 1.37 bits per heavy atom. The molecule has 0 saturated heterocycles. The molecule has 7 nitrogen and oxygen atoms in total. The Hall–Kier alpha value is -1.93. The summed E-state index contributed by atoms with van der Waals surface area (Å²) in [7, 11) is 0. The van der Waals surface area contributed by atoms with Gasteiger partial charge in [-0.3, -0.25) is 4.79 Å². The standard InChI is InChI=1S/C19H28N4O3S/c1-4-7-20-19-22-16-5-6-17(23-18(16)27-19)26-11-14-8-15(9-14)25-10-12(2)21-13(3)24/h5-6,12,14-15H,4,7-11H2,1-3H3,(H,20,22)(H,21,24)/t12-,14?,15?/m0/s1. The maximum Gasteiger partial charge on any atom is 0.217 e. The van der Waals surface area contributed by atoms with Gasteiger partial charge < -0.3 is 20.1 Å². The van der Waals surface area contributed by atoms with E-state index in [1.54, 1.807) is 11.3 Å². The number of thiazole rings is 1. The zero-order valence-corrected chi connectivity index (χ0v) is 17.0. The van der Waals surface area contributed by atoms with E-state index in [2.05, 4.69) is 27.5 Å². The first-order valence-electron chi connectivity index (χ1n) is 9.56. The molecular formula is C19H28N4O3S. The third kappa shape index (κ3) is 5.77. The summed E-state index contributed by atoms with van der Waals surface area (Å²) in [5, 5.41) is 7.03. The second kappa shape index (κ2) is 9.32. The molecule has 1 atom stereocenters. The fourth-order valence-electron chi connectivity index (χ4n) is 3.01. The van der Waals surface area contributed by atoms with Crippen LogP contribution in [0.3, 0.4) is 0 Å². The van der Waals surface area contributed by atoms with E-state index in [-0.39, 0.29) is 18.1 Å². The molecule has 0 aromatic carbocycles. The predicted octanol–water partition coefficient (Wildman–Crippen LogP) is 3.21. The lowest BCUT2D eigenvalue weighted by molar-refractivity contribution is -0.120. The predicted molar refractivity (Wildman–Crippen MR) is 107 cm³/mol. The van der Waals surface area contributed by atoms with Crippen LogP contribution in [0, 0.1) is 5.92 Å². The summed E-state index contributed by atoms with van der Waals surface area (Å²) < 4.78 is 11.7. The number of fused-ring (bicyclic) bond motifs is 1. The molecule has 1 aliphatic carbocycles. The van der Waals surface area contributed by atoms with E-state index >= 15 is 0 Å². The van der Waals surface area contributed by atoms with Crippen LogP contribution >= 0.6 is 11.3 Å². The van der Waals surface area contributed by atoms with Crippen molar-refractivity contribution < 1.29 is 14.3 Å². The molecule has 1 saturated carbocycles. The van der Waals surface area contributed by atoms with Gasteiger partial charge in [-0.2, -0.15) is 0 Å². The van der Waals surface area contributed by atoms with Crippen LogP contribution < -0.4 is 15.4 Å². The Labute approximate surface area is 163 Å². The van der Waals surface area contributed by atoms with Gasteiger partial charge in [0.1, 0.15) is 10.3 Å². The van der Waals surface area contributed by atoms with Crippen molar-refractivity contribution in [1.82, 2.24) is 15.3 Å². The minimum absolute atomic E-state index is 0.0235. The van der Waals surface area contributed by atoms with Gasteiger partial charge in [0.25, 0.3) is 0 Å². The molecule has 1 amide bonds. The molecule has 0 bridgehead atoms. The van der Waals surface area contributed by atoms with E-state index in [0.29, 0.717) is 25.0 Å². The Balaban J connectivity index is 1.39. The van der Waals surface area contributed by atoms with Crippen LogP contribution in [0.15, 0.2) is 12.1 Å². The lowest BCUT2D eigenvalue weighted by Gasteiger charge is -2.35. The van der Waals surface area contributed by atoms with Gasteiger partial charge in [0.15, 0.2) is 5.13 Å². The molecular weight excluding hydrogens is 364 g/mol. The fraction of sp³-hybridized carbons (Fsp3) is 0.632. The zero-order valence-electron chi connectivity index (χ0n) is 16.2. The number of carbonyl (C=O) groups excluding carboxylic acids is 1. The molecule has 1 aliphatic rings. The highest BCUT2D eigenvalue weighted by molar-refractivity contribution is 7.21. The highest BCUT2D eigenvalue weighted by Crippen LogP contribution is 2.31. The fourth-order valence-corrected chi connectivity index (χ4v) is 3.86.